The summed E-state index contributed by atoms with van der Waals surface area (Å²) in [6, 6.07) is 16.8. The van der Waals surface area contributed by atoms with Crippen molar-refractivity contribution in [1.29, 1.82) is 0 Å². The SMILES string of the molecule is CNS(=O)(=O)Cc1ccc(CNC(=O)C2CC(=O)N(Cc3ccccc3)C2)cc1. The molecule has 0 spiro atoms. The minimum Gasteiger partial charge on any atom is -0.352 e. The zero-order chi connectivity index (χ0) is 20.9. The Hall–Kier alpha value is -2.71. The standard InChI is InChI=1S/C21H25N3O4S/c1-22-29(27,28)15-18-9-7-16(8-10-18)12-23-21(26)19-11-20(25)24(14-19)13-17-5-3-2-4-6-17/h2-10,19,22H,11-15H2,1H3,(H,23,26). The van der Waals surface area contributed by atoms with E-state index in [9.17, 15) is 18.0 Å². The average molecular weight is 416 g/mol. The van der Waals surface area contributed by atoms with Crippen LogP contribution in [0.3, 0.4) is 0 Å². The Labute approximate surface area is 171 Å². The maximum Gasteiger partial charge on any atom is 0.225 e. The van der Waals surface area contributed by atoms with E-state index >= 15 is 0 Å². The third-order valence-electron chi connectivity index (χ3n) is 4.96. The van der Waals surface area contributed by atoms with Gasteiger partial charge in [0.2, 0.25) is 21.8 Å². The topological polar surface area (TPSA) is 95.6 Å². The van der Waals surface area contributed by atoms with Crippen molar-refractivity contribution in [3.05, 3.63) is 71.3 Å². The van der Waals surface area contributed by atoms with Crippen LogP contribution in [0.5, 0.6) is 0 Å². The fourth-order valence-electron chi connectivity index (χ4n) is 3.28. The number of nitrogens with one attached hydrogen (secondary N) is 2. The Morgan fingerprint density at radius 1 is 1.03 bits per heavy atom. The van der Waals surface area contributed by atoms with E-state index in [1.54, 1.807) is 29.2 Å². The third kappa shape index (κ3) is 5.88. The molecule has 154 valence electrons. The molecular weight excluding hydrogens is 390 g/mol. The minimum atomic E-state index is -3.31. The Bertz CT molecular complexity index is 959. The van der Waals surface area contributed by atoms with Gasteiger partial charge in [-0.15, -0.1) is 0 Å². The van der Waals surface area contributed by atoms with Gasteiger partial charge in [0.05, 0.1) is 11.7 Å². The summed E-state index contributed by atoms with van der Waals surface area (Å²) in [5.74, 6) is -0.594. The smallest absolute Gasteiger partial charge is 0.225 e. The van der Waals surface area contributed by atoms with Gasteiger partial charge in [-0.1, -0.05) is 54.6 Å². The molecule has 29 heavy (non-hydrogen) atoms. The highest BCUT2D eigenvalue weighted by atomic mass is 32.2. The molecule has 8 heteroatoms. The lowest BCUT2D eigenvalue weighted by atomic mass is 10.1. The quantitative estimate of drug-likeness (QED) is 0.681. The molecule has 0 aromatic heterocycles. The number of rotatable bonds is 8. The summed E-state index contributed by atoms with van der Waals surface area (Å²) >= 11 is 0. The molecule has 1 heterocycles. The van der Waals surface area contributed by atoms with Gasteiger partial charge in [0.25, 0.3) is 0 Å². The summed E-state index contributed by atoms with van der Waals surface area (Å²) in [5, 5.41) is 2.88. The van der Waals surface area contributed by atoms with E-state index in [1.165, 1.54) is 7.05 Å². The van der Waals surface area contributed by atoms with E-state index in [4.69, 9.17) is 0 Å². The van der Waals surface area contributed by atoms with Gasteiger partial charge in [0.15, 0.2) is 0 Å². The molecule has 2 aromatic carbocycles. The molecule has 0 radical (unpaired) electrons. The first kappa shape index (κ1) is 21.0. The number of likely N-dealkylation sites (tertiary alicyclic amines) is 1. The number of carbonyl (C=O) groups excluding carboxylic acids is 2. The van der Waals surface area contributed by atoms with Gasteiger partial charge in [-0.25, -0.2) is 13.1 Å². The van der Waals surface area contributed by atoms with Crippen molar-refractivity contribution in [3.63, 3.8) is 0 Å². The summed E-state index contributed by atoms with van der Waals surface area (Å²) in [6.45, 7) is 1.27. The molecule has 0 saturated carbocycles. The predicted octanol–water partition coefficient (Wildman–Crippen LogP) is 1.40. The molecule has 0 aliphatic carbocycles. The van der Waals surface area contributed by atoms with Crippen molar-refractivity contribution in [1.82, 2.24) is 14.9 Å². The van der Waals surface area contributed by atoms with Crippen LogP contribution in [0.1, 0.15) is 23.1 Å². The first-order valence-electron chi connectivity index (χ1n) is 9.45. The van der Waals surface area contributed by atoms with Gasteiger partial charge in [0, 0.05) is 26.1 Å². The van der Waals surface area contributed by atoms with Gasteiger partial charge in [0.1, 0.15) is 0 Å². The number of amides is 2. The lowest BCUT2D eigenvalue weighted by Crippen LogP contribution is -2.32. The Kier molecular flexibility index (Phi) is 6.66. The lowest BCUT2D eigenvalue weighted by molar-refractivity contribution is -0.129. The zero-order valence-corrected chi connectivity index (χ0v) is 17.1. The molecule has 2 amide bonds. The van der Waals surface area contributed by atoms with Crippen LogP contribution < -0.4 is 10.0 Å². The molecular formula is C21H25N3O4S. The first-order valence-corrected chi connectivity index (χ1v) is 11.1. The van der Waals surface area contributed by atoms with Gasteiger partial charge >= 0.3 is 0 Å². The highest BCUT2D eigenvalue weighted by Gasteiger charge is 2.34. The van der Waals surface area contributed by atoms with Crippen LogP contribution in [-0.4, -0.2) is 38.7 Å². The second-order valence-electron chi connectivity index (χ2n) is 7.16. The number of benzene rings is 2. The van der Waals surface area contributed by atoms with Gasteiger partial charge in [-0.2, -0.15) is 0 Å². The molecule has 2 N–H and O–H groups in total. The lowest BCUT2D eigenvalue weighted by Gasteiger charge is -2.16. The van der Waals surface area contributed by atoms with E-state index in [0.29, 0.717) is 25.2 Å². The molecule has 2 aromatic rings. The van der Waals surface area contributed by atoms with Crippen LogP contribution in [0.25, 0.3) is 0 Å². The monoisotopic (exact) mass is 415 g/mol. The van der Waals surface area contributed by atoms with Crippen molar-refractivity contribution < 1.29 is 18.0 Å². The van der Waals surface area contributed by atoms with Crippen LogP contribution in [0.4, 0.5) is 0 Å². The van der Waals surface area contributed by atoms with E-state index in [-0.39, 0.29) is 29.9 Å². The van der Waals surface area contributed by atoms with Crippen molar-refractivity contribution in [2.24, 2.45) is 5.92 Å². The minimum absolute atomic E-state index is 0.0101. The van der Waals surface area contributed by atoms with Gasteiger partial charge in [-0.3, -0.25) is 9.59 Å². The Morgan fingerprint density at radius 2 is 1.69 bits per heavy atom. The average Bonchev–Trinajstić information content (AvgIpc) is 3.08. The highest BCUT2D eigenvalue weighted by molar-refractivity contribution is 7.88. The van der Waals surface area contributed by atoms with E-state index in [1.807, 2.05) is 30.3 Å². The molecule has 1 saturated heterocycles. The van der Waals surface area contributed by atoms with E-state index in [0.717, 1.165) is 11.1 Å². The molecule has 1 fully saturated rings. The number of hydrogen-bond donors (Lipinski definition) is 2. The molecule has 0 bridgehead atoms. The molecule has 3 rings (SSSR count). The van der Waals surface area contributed by atoms with Crippen LogP contribution in [0.2, 0.25) is 0 Å². The van der Waals surface area contributed by atoms with Crippen LogP contribution in [0, 0.1) is 5.92 Å². The van der Waals surface area contributed by atoms with Crippen molar-refractivity contribution >= 4 is 21.8 Å². The third-order valence-corrected chi connectivity index (χ3v) is 6.29. The number of carbonyl (C=O) groups is 2. The van der Waals surface area contributed by atoms with Crippen LogP contribution >= 0.6 is 0 Å². The summed E-state index contributed by atoms with van der Waals surface area (Å²) in [7, 11) is -1.93. The first-order chi connectivity index (χ1) is 13.9. The molecule has 1 atom stereocenters. The maximum atomic E-state index is 12.5. The summed E-state index contributed by atoms with van der Waals surface area (Å²) in [6.07, 6.45) is 0.222. The maximum absolute atomic E-state index is 12.5. The Balaban J connectivity index is 1.50. The van der Waals surface area contributed by atoms with Crippen LogP contribution in [0.15, 0.2) is 54.6 Å². The van der Waals surface area contributed by atoms with Crippen molar-refractivity contribution in [2.45, 2.75) is 25.3 Å². The fraction of sp³-hybridized carbons (Fsp3) is 0.333. The summed E-state index contributed by atoms with van der Waals surface area (Å²) in [5.41, 5.74) is 2.59. The molecule has 1 unspecified atom stereocenters. The number of nitrogens with zero attached hydrogens (tertiary/aromatic N) is 1. The largest absolute Gasteiger partial charge is 0.352 e. The van der Waals surface area contributed by atoms with Gasteiger partial charge < -0.3 is 10.2 Å². The predicted molar refractivity (Wildman–Crippen MR) is 110 cm³/mol. The second kappa shape index (κ2) is 9.19. The van der Waals surface area contributed by atoms with Crippen LogP contribution in [-0.2, 0) is 38.5 Å². The molecule has 1 aliphatic heterocycles. The molecule has 7 nitrogen and oxygen atoms in total. The normalized spacial score (nSPS) is 16.8. The zero-order valence-electron chi connectivity index (χ0n) is 16.3. The Morgan fingerprint density at radius 3 is 2.34 bits per heavy atom. The van der Waals surface area contributed by atoms with E-state index in [2.05, 4.69) is 10.0 Å². The number of hydrogen-bond acceptors (Lipinski definition) is 4. The summed E-state index contributed by atoms with van der Waals surface area (Å²) < 4.78 is 25.5. The number of sulfonamides is 1. The fourth-order valence-corrected chi connectivity index (χ4v) is 4.06. The highest BCUT2D eigenvalue weighted by Crippen LogP contribution is 2.20. The summed E-state index contributed by atoms with van der Waals surface area (Å²) in [4.78, 5) is 26.4. The van der Waals surface area contributed by atoms with E-state index < -0.39 is 10.0 Å². The van der Waals surface area contributed by atoms with Crippen molar-refractivity contribution in [3.8, 4) is 0 Å². The molecule has 1 aliphatic rings. The van der Waals surface area contributed by atoms with Gasteiger partial charge in [-0.05, 0) is 23.7 Å². The second-order valence-corrected chi connectivity index (χ2v) is 9.08. The van der Waals surface area contributed by atoms with Crippen molar-refractivity contribution in [2.75, 3.05) is 13.6 Å².